The normalized spacial score (nSPS) is 25.8. The monoisotopic (exact) mass is 458 g/mol. The number of benzene rings is 2. The molecule has 2 aliphatic heterocycles. The van der Waals surface area contributed by atoms with E-state index >= 15 is 0 Å². The third-order valence-electron chi connectivity index (χ3n) is 6.93. The smallest absolute Gasteiger partial charge is 0.146 e. The first-order valence-corrected chi connectivity index (χ1v) is 11.7. The summed E-state index contributed by atoms with van der Waals surface area (Å²) in [5.74, 6) is 0.422. The quantitative estimate of drug-likeness (QED) is 0.618. The maximum Gasteiger partial charge on any atom is 0.146 e. The van der Waals surface area contributed by atoms with Crippen molar-refractivity contribution in [2.75, 3.05) is 44.2 Å². The lowest BCUT2D eigenvalue weighted by molar-refractivity contribution is -0.149. The summed E-state index contributed by atoms with van der Waals surface area (Å²) in [5.41, 5.74) is 0.386. The van der Waals surface area contributed by atoms with Crippen molar-refractivity contribution in [3.63, 3.8) is 0 Å². The number of rotatable bonds is 6. The lowest BCUT2D eigenvalue weighted by Gasteiger charge is -2.46. The Kier molecular flexibility index (Phi) is 6.96. The molecule has 0 saturated carbocycles. The molecule has 180 valence electrons. The summed E-state index contributed by atoms with van der Waals surface area (Å²) in [6, 6.07) is 12.6. The Hall–Kier alpha value is -2.19. The highest BCUT2D eigenvalue weighted by Crippen LogP contribution is 2.31. The lowest BCUT2D eigenvalue weighted by atomic mass is 9.86. The molecule has 7 heteroatoms. The van der Waals surface area contributed by atoms with E-state index in [0.717, 1.165) is 11.1 Å². The van der Waals surface area contributed by atoms with Crippen LogP contribution in [0.15, 0.2) is 42.5 Å². The van der Waals surface area contributed by atoms with Gasteiger partial charge in [0.05, 0.1) is 17.4 Å². The zero-order chi connectivity index (χ0) is 23.6. The van der Waals surface area contributed by atoms with Crippen molar-refractivity contribution in [3.05, 3.63) is 59.4 Å². The molecule has 0 spiro atoms. The molecule has 4 rings (SSSR count). The molecule has 33 heavy (non-hydrogen) atoms. The number of β-amino-alcohol motifs (C(OH)–C–C–N with tert-alkyl or cyclic N) is 2. The molecule has 2 atom stereocenters. The first-order valence-electron chi connectivity index (χ1n) is 11.7. The first-order chi connectivity index (χ1) is 15.7. The summed E-state index contributed by atoms with van der Waals surface area (Å²) in [6.45, 7) is 6.30. The Labute approximate surface area is 195 Å². The Morgan fingerprint density at radius 2 is 1.70 bits per heavy atom. The van der Waals surface area contributed by atoms with Gasteiger partial charge in [-0.05, 0) is 68.5 Å². The predicted molar refractivity (Wildman–Crippen MR) is 126 cm³/mol. The number of likely N-dealkylation sites (tertiary alicyclic amines) is 1. The SMILES string of the molecule is Cc1cc(C)cc(OC[C@@]2(O)CN(CC3(O)CCN(c4ccccc4F)CC3)CC[C@@H]2O)c1. The minimum atomic E-state index is -1.42. The summed E-state index contributed by atoms with van der Waals surface area (Å²) in [6.07, 6.45) is 0.539. The highest BCUT2D eigenvalue weighted by atomic mass is 19.1. The second-order valence-electron chi connectivity index (χ2n) is 9.89. The van der Waals surface area contributed by atoms with Crippen molar-refractivity contribution in [1.82, 2.24) is 4.90 Å². The molecule has 2 aromatic carbocycles. The molecule has 2 heterocycles. The molecule has 2 aromatic rings. The summed E-state index contributed by atoms with van der Waals surface area (Å²) in [5, 5.41) is 33.0. The van der Waals surface area contributed by atoms with E-state index in [1.165, 1.54) is 6.07 Å². The first kappa shape index (κ1) is 24.0. The number of piperidine rings is 2. The summed E-state index contributed by atoms with van der Waals surface area (Å²) in [4.78, 5) is 3.98. The average Bonchev–Trinajstić information content (AvgIpc) is 2.76. The molecule has 0 bridgehead atoms. The van der Waals surface area contributed by atoms with Crippen molar-refractivity contribution >= 4 is 5.69 Å². The number of nitrogens with zero attached hydrogens (tertiary/aromatic N) is 2. The van der Waals surface area contributed by atoms with Crippen LogP contribution < -0.4 is 9.64 Å². The standard InChI is InChI=1S/C26H35FN2O4/c1-19-13-20(2)15-21(14-19)33-18-26(32)17-28(10-7-24(26)30)16-25(31)8-11-29(12-9-25)23-6-4-3-5-22(23)27/h3-6,13-15,24,30-32H,7-12,16-18H2,1-2H3/t24-,26-/m0/s1. The number of halogens is 1. The predicted octanol–water partition coefficient (Wildman–Crippen LogP) is 2.65. The van der Waals surface area contributed by atoms with Gasteiger partial charge in [-0.2, -0.15) is 0 Å². The van der Waals surface area contributed by atoms with Gasteiger partial charge < -0.3 is 25.0 Å². The van der Waals surface area contributed by atoms with Gasteiger partial charge in [-0.1, -0.05) is 18.2 Å². The van der Waals surface area contributed by atoms with Gasteiger partial charge in [0, 0.05) is 32.7 Å². The van der Waals surface area contributed by atoms with Crippen LogP contribution in [0.2, 0.25) is 0 Å². The maximum absolute atomic E-state index is 14.1. The molecular weight excluding hydrogens is 423 g/mol. The van der Waals surface area contributed by atoms with Gasteiger partial charge in [-0.15, -0.1) is 0 Å². The topological polar surface area (TPSA) is 76.4 Å². The summed E-state index contributed by atoms with van der Waals surface area (Å²) < 4.78 is 20.0. The molecule has 0 aliphatic carbocycles. The third-order valence-corrected chi connectivity index (χ3v) is 6.93. The van der Waals surface area contributed by atoms with Gasteiger partial charge in [-0.3, -0.25) is 4.90 Å². The zero-order valence-electron chi connectivity index (χ0n) is 19.5. The van der Waals surface area contributed by atoms with Crippen LogP contribution in [-0.2, 0) is 0 Å². The number of aryl methyl sites for hydroxylation is 2. The zero-order valence-corrected chi connectivity index (χ0v) is 19.5. The van der Waals surface area contributed by atoms with Gasteiger partial charge in [0.25, 0.3) is 0 Å². The Bertz CT molecular complexity index is 943. The highest BCUT2D eigenvalue weighted by molar-refractivity contribution is 5.48. The van der Waals surface area contributed by atoms with E-state index < -0.39 is 17.3 Å². The van der Waals surface area contributed by atoms with Crippen molar-refractivity contribution in [3.8, 4) is 5.75 Å². The van der Waals surface area contributed by atoms with Gasteiger partial charge in [-0.25, -0.2) is 4.39 Å². The second kappa shape index (κ2) is 9.58. The van der Waals surface area contributed by atoms with E-state index in [4.69, 9.17) is 4.74 Å². The molecule has 0 radical (unpaired) electrons. The Morgan fingerprint density at radius 1 is 1.03 bits per heavy atom. The molecule has 0 aromatic heterocycles. The van der Waals surface area contributed by atoms with E-state index in [1.807, 2.05) is 41.8 Å². The van der Waals surface area contributed by atoms with E-state index in [9.17, 15) is 19.7 Å². The van der Waals surface area contributed by atoms with Crippen LogP contribution in [0.5, 0.6) is 5.75 Å². The van der Waals surface area contributed by atoms with Gasteiger partial charge in [0.1, 0.15) is 23.8 Å². The van der Waals surface area contributed by atoms with Gasteiger partial charge in [0.2, 0.25) is 0 Å². The number of anilines is 1. The fourth-order valence-electron chi connectivity index (χ4n) is 5.09. The van der Waals surface area contributed by atoms with Crippen LogP contribution in [0.25, 0.3) is 0 Å². The Morgan fingerprint density at radius 3 is 2.36 bits per heavy atom. The van der Waals surface area contributed by atoms with E-state index in [-0.39, 0.29) is 19.0 Å². The largest absolute Gasteiger partial charge is 0.490 e. The van der Waals surface area contributed by atoms with Crippen LogP contribution in [0.4, 0.5) is 10.1 Å². The summed E-state index contributed by atoms with van der Waals surface area (Å²) in [7, 11) is 0. The van der Waals surface area contributed by atoms with Gasteiger partial charge >= 0.3 is 0 Å². The second-order valence-corrected chi connectivity index (χ2v) is 9.89. The van der Waals surface area contributed by atoms with Crippen molar-refractivity contribution in [2.24, 2.45) is 0 Å². The molecule has 3 N–H and O–H groups in total. The van der Waals surface area contributed by atoms with Crippen LogP contribution in [0, 0.1) is 19.7 Å². The third kappa shape index (κ3) is 5.66. The van der Waals surface area contributed by atoms with Gasteiger partial charge in [0.15, 0.2) is 0 Å². The summed E-state index contributed by atoms with van der Waals surface area (Å²) >= 11 is 0. The van der Waals surface area contributed by atoms with Crippen molar-refractivity contribution < 1.29 is 24.4 Å². The fourth-order valence-corrected chi connectivity index (χ4v) is 5.09. The molecular formula is C26H35FN2O4. The van der Waals surface area contributed by atoms with Crippen molar-refractivity contribution in [1.29, 1.82) is 0 Å². The average molecular weight is 459 g/mol. The van der Waals surface area contributed by atoms with Crippen LogP contribution in [0.1, 0.15) is 30.4 Å². The molecule has 0 amide bonds. The van der Waals surface area contributed by atoms with E-state index in [1.54, 1.807) is 12.1 Å². The number of hydrogen-bond acceptors (Lipinski definition) is 6. The molecule has 6 nitrogen and oxygen atoms in total. The molecule has 2 fully saturated rings. The number of para-hydroxylation sites is 1. The minimum absolute atomic E-state index is 0.0208. The lowest BCUT2D eigenvalue weighted by Crippen LogP contribution is -2.62. The maximum atomic E-state index is 14.1. The van der Waals surface area contributed by atoms with Crippen LogP contribution in [0.3, 0.4) is 0 Å². The van der Waals surface area contributed by atoms with E-state index in [2.05, 4.69) is 6.07 Å². The van der Waals surface area contributed by atoms with E-state index in [0.29, 0.717) is 56.9 Å². The fraction of sp³-hybridized carbons (Fsp3) is 0.538. The molecule has 2 aliphatic rings. The number of hydrogen-bond donors (Lipinski definition) is 3. The molecule has 0 unspecified atom stereocenters. The minimum Gasteiger partial charge on any atom is -0.490 e. The number of ether oxygens (including phenoxy) is 1. The Balaban J connectivity index is 1.35. The highest BCUT2D eigenvalue weighted by Gasteiger charge is 2.44. The van der Waals surface area contributed by atoms with Crippen LogP contribution in [-0.4, -0.2) is 76.9 Å². The number of aliphatic hydroxyl groups is 3. The van der Waals surface area contributed by atoms with Crippen molar-refractivity contribution in [2.45, 2.75) is 50.4 Å². The number of aliphatic hydroxyl groups excluding tert-OH is 1. The molecule has 2 saturated heterocycles. The van der Waals surface area contributed by atoms with Crippen LogP contribution >= 0.6 is 0 Å².